The molecule has 182 valence electrons. The monoisotopic (exact) mass is 470 g/mol. The molecule has 1 heterocycles. The fourth-order valence-corrected chi connectivity index (χ4v) is 3.90. The molecular formula is C26H30O8. The molecule has 1 aliphatic rings. The van der Waals surface area contributed by atoms with E-state index in [0.717, 1.165) is 18.4 Å². The molecule has 8 nitrogen and oxygen atoms in total. The van der Waals surface area contributed by atoms with E-state index in [1.807, 2.05) is 26.8 Å². The first-order valence-corrected chi connectivity index (χ1v) is 10.9. The fourth-order valence-electron chi connectivity index (χ4n) is 3.90. The number of hydrogen-bond acceptors (Lipinski definition) is 8. The first-order chi connectivity index (χ1) is 16.0. The predicted molar refractivity (Wildman–Crippen MR) is 126 cm³/mol. The van der Waals surface area contributed by atoms with Gasteiger partial charge in [0.1, 0.15) is 22.8 Å². The molecule has 0 radical (unpaired) electrons. The third-order valence-electron chi connectivity index (χ3n) is 5.75. The summed E-state index contributed by atoms with van der Waals surface area (Å²) in [6, 6.07) is 3.61. The van der Waals surface area contributed by atoms with Crippen molar-refractivity contribution < 1.29 is 39.8 Å². The van der Waals surface area contributed by atoms with Gasteiger partial charge < -0.3 is 35.0 Å². The van der Waals surface area contributed by atoms with Crippen LogP contribution in [0, 0.1) is 0 Å². The van der Waals surface area contributed by atoms with Crippen molar-refractivity contribution in [3.05, 3.63) is 58.2 Å². The van der Waals surface area contributed by atoms with Crippen LogP contribution in [0.25, 0.3) is 0 Å². The Morgan fingerprint density at radius 1 is 1.03 bits per heavy atom. The van der Waals surface area contributed by atoms with Crippen molar-refractivity contribution in [2.45, 2.75) is 52.2 Å². The van der Waals surface area contributed by atoms with Gasteiger partial charge in [-0.2, -0.15) is 0 Å². The van der Waals surface area contributed by atoms with E-state index in [1.54, 1.807) is 0 Å². The molecule has 1 aliphatic heterocycles. The van der Waals surface area contributed by atoms with Gasteiger partial charge in [0.2, 0.25) is 11.5 Å². The molecule has 0 fully saturated rings. The summed E-state index contributed by atoms with van der Waals surface area (Å²) >= 11 is 0. The maximum Gasteiger partial charge on any atom is 0.202 e. The molecule has 5 N–H and O–H groups in total. The number of phenolic OH excluding ortho intramolecular Hbond substituents is 4. The zero-order valence-corrected chi connectivity index (χ0v) is 19.6. The van der Waals surface area contributed by atoms with Crippen LogP contribution in [0.3, 0.4) is 0 Å². The zero-order chi connectivity index (χ0) is 25.2. The summed E-state index contributed by atoms with van der Waals surface area (Å²) in [6.07, 6.45) is 2.88. The van der Waals surface area contributed by atoms with Crippen LogP contribution in [0.2, 0.25) is 0 Å². The van der Waals surface area contributed by atoms with Crippen LogP contribution in [0.4, 0.5) is 0 Å². The second-order valence-electron chi connectivity index (χ2n) is 8.61. The molecule has 2 aromatic rings. The molecule has 0 amide bonds. The molecular weight excluding hydrogens is 440 g/mol. The Bertz CT molecular complexity index is 1130. The molecule has 0 aliphatic carbocycles. The number of carbonyl (C=O) groups is 1. The molecule has 34 heavy (non-hydrogen) atoms. The summed E-state index contributed by atoms with van der Waals surface area (Å²) in [7, 11) is 1.27. The second-order valence-corrected chi connectivity index (χ2v) is 8.61. The highest BCUT2D eigenvalue weighted by Gasteiger charge is 2.40. The molecule has 3 rings (SSSR count). The lowest BCUT2D eigenvalue weighted by Crippen LogP contribution is -2.36. The number of benzene rings is 2. The van der Waals surface area contributed by atoms with E-state index >= 15 is 0 Å². The number of allylic oxidation sites excluding steroid dienone is 4. The SMILES string of the molecule is COc1c(O)cc(C2Oc3cc(O)c(C/C=C(\C)CCC=C(C)C)c(O)c3C(=O)C2O)cc1O. The lowest BCUT2D eigenvalue weighted by molar-refractivity contribution is 0.0208. The first kappa shape index (κ1) is 25.0. The zero-order valence-electron chi connectivity index (χ0n) is 19.6. The van der Waals surface area contributed by atoms with Gasteiger partial charge in [0.05, 0.1) is 7.11 Å². The van der Waals surface area contributed by atoms with Crippen molar-refractivity contribution in [2.75, 3.05) is 7.11 Å². The van der Waals surface area contributed by atoms with Crippen LogP contribution in [0.15, 0.2) is 41.5 Å². The van der Waals surface area contributed by atoms with Crippen molar-refractivity contribution in [3.63, 3.8) is 0 Å². The number of phenols is 4. The van der Waals surface area contributed by atoms with Crippen LogP contribution >= 0.6 is 0 Å². The Hall–Kier alpha value is -3.65. The van der Waals surface area contributed by atoms with Gasteiger partial charge in [-0.15, -0.1) is 0 Å². The van der Waals surface area contributed by atoms with E-state index in [9.17, 15) is 30.3 Å². The van der Waals surface area contributed by atoms with E-state index in [4.69, 9.17) is 9.47 Å². The number of aliphatic hydroxyl groups is 1. The summed E-state index contributed by atoms with van der Waals surface area (Å²) in [5, 5.41) is 52.1. The minimum atomic E-state index is -1.72. The van der Waals surface area contributed by atoms with Gasteiger partial charge in [-0.3, -0.25) is 4.79 Å². The van der Waals surface area contributed by atoms with Gasteiger partial charge in [-0.05, 0) is 52.2 Å². The Kier molecular flexibility index (Phi) is 7.41. The van der Waals surface area contributed by atoms with Gasteiger partial charge in [0, 0.05) is 17.2 Å². The number of rotatable bonds is 7. The molecule has 8 heteroatoms. The van der Waals surface area contributed by atoms with Crippen molar-refractivity contribution in [1.29, 1.82) is 0 Å². The lowest BCUT2D eigenvalue weighted by atomic mass is 9.90. The minimum absolute atomic E-state index is 0.111. The first-order valence-electron chi connectivity index (χ1n) is 10.9. The third kappa shape index (κ3) is 4.97. The van der Waals surface area contributed by atoms with Crippen molar-refractivity contribution in [3.8, 4) is 34.5 Å². The molecule has 0 saturated carbocycles. The number of methoxy groups -OCH3 is 1. The average Bonchev–Trinajstić information content (AvgIpc) is 2.75. The standard InChI is InChI=1S/C26H30O8/c1-13(2)6-5-7-14(3)8-9-16-17(27)12-20-21(22(16)30)23(31)24(32)25(34-20)15-10-18(28)26(33-4)19(29)11-15/h6,8,10-12,24-25,27-30,32H,5,7,9H2,1-4H3/b14-8+. The Labute approximate surface area is 198 Å². The number of aromatic hydroxyl groups is 4. The summed E-state index contributed by atoms with van der Waals surface area (Å²) in [5.74, 6) is -2.59. The van der Waals surface area contributed by atoms with E-state index in [-0.39, 0.29) is 40.4 Å². The van der Waals surface area contributed by atoms with E-state index in [2.05, 4.69) is 6.08 Å². The highest BCUT2D eigenvalue weighted by atomic mass is 16.5. The lowest BCUT2D eigenvalue weighted by Gasteiger charge is -2.31. The summed E-state index contributed by atoms with van der Waals surface area (Å²) in [6.45, 7) is 6.01. The largest absolute Gasteiger partial charge is 0.507 e. The quantitative estimate of drug-likeness (QED) is 0.375. The molecule has 2 atom stereocenters. The van der Waals surface area contributed by atoms with Gasteiger partial charge >= 0.3 is 0 Å². The van der Waals surface area contributed by atoms with Crippen LogP contribution < -0.4 is 9.47 Å². The van der Waals surface area contributed by atoms with Gasteiger partial charge in [0.15, 0.2) is 23.7 Å². The average molecular weight is 471 g/mol. The minimum Gasteiger partial charge on any atom is -0.507 e. The van der Waals surface area contributed by atoms with Crippen molar-refractivity contribution in [1.82, 2.24) is 0 Å². The van der Waals surface area contributed by atoms with Crippen LogP contribution in [0.1, 0.15) is 61.2 Å². The molecule has 0 saturated heterocycles. The van der Waals surface area contributed by atoms with Gasteiger partial charge in [-0.1, -0.05) is 23.3 Å². The van der Waals surface area contributed by atoms with Gasteiger partial charge in [0.25, 0.3) is 0 Å². The number of ether oxygens (including phenoxy) is 2. The second kappa shape index (κ2) is 10.1. The predicted octanol–water partition coefficient (Wildman–Crippen LogP) is 4.43. The molecule has 2 aromatic carbocycles. The smallest absolute Gasteiger partial charge is 0.202 e. The highest BCUT2D eigenvalue weighted by Crippen LogP contribution is 2.46. The maximum absolute atomic E-state index is 13.0. The van der Waals surface area contributed by atoms with E-state index in [0.29, 0.717) is 0 Å². The Balaban J connectivity index is 1.92. The summed E-state index contributed by atoms with van der Waals surface area (Å²) < 4.78 is 10.6. The molecule has 2 unspecified atom stereocenters. The van der Waals surface area contributed by atoms with Crippen LogP contribution in [-0.2, 0) is 6.42 Å². The fraction of sp³-hybridized carbons (Fsp3) is 0.346. The number of aliphatic hydroxyl groups excluding tert-OH is 1. The highest BCUT2D eigenvalue weighted by molar-refractivity contribution is 6.06. The van der Waals surface area contributed by atoms with E-state index < -0.39 is 35.2 Å². The normalized spacial score (nSPS) is 17.7. The van der Waals surface area contributed by atoms with Crippen molar-refractivity contribution in [2.24, 2.45) is 0 Å². The maximum atomic E-state index is 13.0. The van der Waals surface area contributed by atoms with Crippen LogP contribution in [0.5, 0.6) is 34.5 Å². The Morgan fingerprint density at radius 2 is 1.68 bits per heavy atom. The summed E-state index contributed by atoms with van der Waals surface area (Å²) in [4.78, 5) is 13.0. The van der Waals surface area contributed by atoms with Gasteiger partial charge in [-0.25, -0.2) is 0 Å². The summed E-state index contributed by atoms with van der Waals surface area (Å²) in [5.41, 5.74) is 2.33. The number of hydrogen-bond donors (Lipinski definition) is 5. The topological polar surface area (TPSA) is 137 Å². The number of ketones is 1. The van der Waals surface area contributed by atoms with Crippen LogP contribution in [-0.4, -0.2) is 44.5 Å². The molecule has 0 aromatic heterocycles. The number of carbonyl (C=O) groups excluding carboxylic acids is 1. The molecule has 0 spiro atoms. The Morgan fingerprint density at radius 3 is 2.26 bits per heavy atom. The molecule has 0 bridgehead atoms. The third-order valence-corrected chi connectivity index (χ3v) is 5.75. The number of Topliss-reactive ketones (excluding diaryl/α,β-unsaturated/α-hetero) is 1. The number of fused-ring (bicyclic) bond motifs is 1. The van der Waals surface area contributed by atoms with Crippen molar-refractivity contribution >= 4 is 5.78 Å². The van der Waals surface area contributed by atoms with E-state index in [1.165, 1.54) is 30.9 Å².